The first-order chi connectivity index (χ1) is 9.70. The van der Waals surface area contributed by atoms with Gasteiger partial charge in [0.05, 0.1) is 7.11 Å². The van der Waals surface area contributed by atoms with E-state index in [0.717, 1.165) is 16.8 Å². The van der Waals surface area contributed by atoms with Crippen molar-refractivity contribution in [1.29, 1.82) is 0 Å². The molecule has 3 rings (SSSR count). The third-order valence-electron chi connectivity index (χ3n) is 3.67. The molecule has 0 radical (unpaired) electrons. The average Bonchev–Trinajstić information content (AvgIpc) is 2.85. The number of fused-ring (bicyclic) bond motifs is 1. The number of ether oxygens (including phenoxy) is 1. The Morgan fingerprint density at radius 3 is 2.65 bits per heavy atom. The van der Waals surface area contributed by atoms with Crippen LogP contribution in [0.4, 0.5) is 11.4 Å². The smallest absolute Gasteiger partial charge is 0.329 e. The number of rotatable bonds is 2. The summed E-state index contributed by atoms with van der Waals surface area (Å²) in [5, 5.41) is 3.23. The van der Waals surface area contributed by atoms with Gasteiger partial charge < -0.3 is 15.8 Å². The minimum Gasteiger partial charge on any atom is -0.467 e. The Hall–Kier alpha value is -2.49. The van der Waals surface area contributed by atoms with Gasteiger partial charge in [0.15, 0.2) is 0 Å². The zero-order valence-electron chi connectivity index (χ0n) is 11.2. The molecule has 4 nitrogen and oxygen atoms in total. The van der Waals surface area contributed by atoms with Crippen LogP contribution in [0.25, 0.3) is 0 Å². The Balaban J connectivity index is 2.11. The molecule has 0 fully saturated rings. The topological polar surface area (TPSA) is 64.3 Å². The number of carbonyl (C=O) groups is 1. The fraction of sp³-hybridized carbons (Fsp3) is 0.188. The highest BCUT2D eigenvalue weighted by Gasteiger charge is 2.38. The monoisotopic (exact) mass is 268 g/mol. The lowest BCUT2D eigenvalue weighted by Crippen LogP contribution is -2.32. The maximum atomic E-state index is 12.0. The number of hydrogen-bond donors (Lipinski definition) is 2. The van der Waals surface area contributed by atoms with Crippen molar-refractivity contribution >= 4 is 17.3 Å². The standard InChI is InChI=1S/C16H16N2O2/c1-20-16(19)15-14(10-5-3-2-4-6-10)12-9-11(17)7-8-13(12)18-15/h2-9,14-15,18H,17H2,1H3. The van der Waals surface area contributed by atoms with E-state index in [1.54, 1.807) is 0 Å². The van der Waals surface area contributed by atoms with Gasteiger partial charge in [0.1, 0.15) is 6.04 Å². The van der Waals surface area contributed by atoms with Gasteiger partial charge in [-0.25, -0.2) is 4.79 Å². The second-order valence-electron chi connectivity index (χ2n) is 4.88. The van der Waals surface area contributed by atoms with E-state index >= 15 is 0 Å². The van der Waals surface area contributed by atoms with Gasteiger partial charge in [-0.3, -0.25) is 0 Å². The first-order valence-corrected chi connectivity index (χ1v) is 6.49. The van der Waals surface area contributed by atoms with Crippen LogP contribution >= 0.6 is 0 Å². The molecule has 102 valence electrons. The van der Waals surface area contributed by atoms with Gasteiger partial charge in [-0.05, 0) is 29.3 Å². The number of benzene rings is 2. The van der Waals surface area contributed by atoms with E-state index in [9.17, 15) is 4.79 Å². The Labute approximate surface area is 117 Å². The van der Waals surface area contributed by atoms with Crippen LogP contribution in [-0.2, 0) is 9.53 Å². The van der Waals surface area contributed by atoms with Crippen LogP contribution in [0.1, 0.15) is 17.0 Å². The zero-order valence-corrected chi connectivity index (χ0v) is 11.2. The number of nitrogens with two attached hydrogens (primary N) is 1. The van der Waals surface area contributed by atoms with E-state index in [-0.39, 0.29) is 11.9 Å². The Bertz CT molecular complexity index is 640. The van der Waals surface area contributed by atoms with Gasteiger partial charge in [0.25, 0.3) is 0 Å². The predicted octanol–water partition coefficient (Wildman–Crippen LogP) is 2.37. The quantitative estimate of drug-likeness (QED) is 0.648. The number of anilines is 2. The van der Waals surface area contributed by atoms with Gasteiger partial charge in [-0.15, -0.1) is 0 Å². The molecule has 1 heterocycles. The summed E-state index contributed by atoms with van der Waals surface area (Å²) in [7, 11) is 1.41. The highest BCUT2D eigenvalue weighted by atomic mass is 16.5. The summed E-state index contributed by atoms with van der Waals surface area (Å²) in [5.74, 6) is -0.351. The van der Waals surface area contributed by atoms with Crippen LogP contribution in [-0.4, -0.2) is 19.1 Å². The van der Waals surface area contributed by atoms with Gasteiger partial charge in [0, 0.05) is 17.3 Å². The van der Waals surface area contributed by atoms with Gasteiger partial charge in [0.2, 0.25) is 0 Å². The summed E-state index contributed by atoms with van der Waals surface area (Å²) >= 11 is 0. The number of methoxy groups -OCH3 is 1. The predicted molar refractivity (Wildman–Crippen MR) is 78.6 cm³/mol. The van der Waals surface area contributed by atoms with Gasteiger partial charge >= 0.3 is 5.97 Å². The molecule has 1 aliphatic heterocycles. The molecular formula is C16H16N2O2. The largest absolute Gasteiger partial charge is 0.467 e. The van der Waals surface area contributed by atoms with Crippen molar-refractivity contribution in [2.45, 2.75) is 12.0 Å². The van der Waals surface area contributed by atoms with Crippen LogP contribution in [0.15, 0.2) is 48.5 Å². The summed E-state index contributed by atoms with van der Waals surface area (Å²) in [5.41, 5.74) is 9.61. The van der Waals surface area contributed by atoms with Crippen LogP contribution in [0, 0.1) is 0 Å². The minimum absolute atomic E-state index is 0.0813. The SMILES string of the molecule is COC(=O)C1Nc2ccc(N)cc2C1c1ccccc1. The number of esters is 1. The molecular weight excluding hydrogens is 252 g/mol. The highest BCUT2D eigenvalue weighted by Crippen LogP contribution is 2.41. The van der Waals surface area contributed by atoms with Gasteiger partial charge in [-0.1, -0.05) is 30.3 Å². The second-order valence-corrected chi connectivity index (χ2v) is 4.88. The molecule has 0 aliphatic carbocycles. The second kappa shape index (κ2) is 4.89. The lowest BCUT2D eigenvalue weighted by atomic mass is 9.87. The molecule has 0 amide bonds. The number of nitrogen functional groups attached to an aromatic ring is 1. The van der Waals surface area contributed by atoms with Crippen molar-refractivity contribution in [3.63, 3.8) is 0 Å². The van der Waals surface area contributed by atoms with Crippen molar-refractivity contribution in [3.8, 4) is 0 Å². The lowest BCUT2D eigenvalue weighted by Gasteiger charge is -2.18. The summed E-state index contributed by atoms with van der Waals surface area (Å²) in [6, 6.07) is 15.2. The number of carbonyl (C=O) groups excluding carboxylic acids is 1. The average molecular weight is 268 g/mol. The number of hydrogen-bond acceptors (Lipinski definition) is 4. The summed E-state index contributed by atoms with van der Waals surface area (Å²) in [6.45, 7) is 0. The molecule has 2 aromatic rings. The fourth-order valence-electron chi connectivity index (χ4n) is 2.75. The Morgan fingerprint density at radius 2 is 1.95 bits per heavy atom. The van der Waals surface area contributed by atoms with Crippen LogP contribution in [0.5, 0.6) is 0 Å². The Morgan fingerprint density at radius 1 is 1.20 bits per heavy atom. The van der Waals surface area contributed by atoms with E-state index in [0.29, 0.717) is 5.69 Å². The molecule has 3 N–H and O–H groups in total. The molecule has 1 aliphatic rings. The van der Waals surface area contributed by atoms with E-state index in [4.69, 9.17) is 10.5 Å². The highest BCUT2D eigenvalue weighted by molar-refractivity contribution is 5.86. The van der Waals surface area contributed by atoms with Crippen LogP contribution in [0.3, 0.4) is 0 Å². The maximum Gasteiger partial charge on any atom is 0.329 e. The van der Waals surface area contributed by atoms with Crippen molar-refractivity contribution < 1.29 is 9.53 Å². The van der Waals surface area contributed by atoms with E-state index in [1.165, 1.54) is 7.11 Å². The van der Waals surface area contributed by atoms with Crippen molar-refractivity contribution in [3.05, 3.63) is 59.7 Å². The first kappa shape index (κ1) is 12.5. The normalized spacial score (nSPS) is 20.1. The van der Waals surface area contributed by atoms with E-state index in [1.807, 2.05) is 48.5 Å². The third-order valence-corrected chi connectivity index (χ3v) is 3.67. The van der Waals surface area contributed by atoms with Crippen molar-refractivity contribution in [2.24, 2.45) is 0 Å². The van der Waals surface area contributed by atoms with E-state index < -0.39 is 6.04 Å². The summed E-state index contributed by atoms with van der Waals surface area (Å²) in [4.78, 5) is 12.0. The maximum absolute atomic E-state index is 12.0. The number of nitrogens with one attached hydrogen (secondary N) is 1. The van der Waals surface area contributed by atoms with Crippen LogP contribution in [0.2, 0.25) is 0 Å². The molecule has 0 aromatic heterocycles. The summed E-state index contributed by atoms with van der Waals surface area (Å²) in [6.07, 6.45) is 0. The lowest BCUT2D eigenvalue weighted by molar-refractivity contribution is -0.141. The molecule has 0 saturated heterocycles. The van der Waals surface area contributed by atoms with Crippen molar-refractivity contribution in [1.82, 2.24) is 0 Å². The van der Waals surface area contributed by atoms with E-state index in [2.05, 4.69) is 5.32 Å². The molecule has 0 bridgehead atoms. The molecule has 0 saturated carbocycles. The van der Waals surface area contributed by atoms with Crippen LogP contribution < -0.4 is 11.1 Å². The molecule has 0 spiro atoms. The fourth-order valence-corrected chi connectivity index (χ4v) is 2.75. The molecule has 4 heteroatoms. The Kier molecular flexibility index (Phi) is 3.06. The first-order valence-electron chi connectivity index (χ1n) is 6.49. The third kappa shape index (κ3) is 1.99. The summed E-state index contributed by atoms with van der Waals surface area (Å²) < 4.78 is 4.91. The van der Waals surface area contributed by atoms with Gasteiger partial charge in [-0.2, -0.15) is 0 Å². The molecule has 2 unspecified atom stereocenters. The molecule has 2 atom stereocenters. The zero-order chi connectivity index (χ0) is 14.1. The molecule has 2 aromatic carbocycles. The van der Waals surface area contributed by atoms with Crippen molar-refractivity contribution in [2.75, 3.05) is 18.2 Å². The minimum atomic E-state index is -0.417. The molecule has 20 heavy (non-hydrogen) atoms.